The molecule has 1 aliphatic rings. The largest absolute Gasteiger partial charge is 0.338 e. The molecule has 0 saturated heterocycles. The first kappa shape index (κ1) is 15.2. The van der Waals surface area contributed by atoms with E-state index >= 15 is 0 Å². The van der Waals surface area contributed by atoms with Crippen LogP contribution in [0.3, 0.4) is 0 Å². The van der Waals surface area contributed by atoms with E-state index in [-0.39, 0.29) is 11.5 Å². The summed E-state index contributed by atoms with van der Waals surface area (Å²) in [5.74, 6) is 2.58. The zero-order valence-electron chi connectivity index (χ0n) is 14.3. The Hall–Kier alpha value is -1.69. The molecule has 6 heteroatoms. The number of hydrogen-bond acceptors (Lipinski definition) is 5. The molecule has 2 aromatic heterocycles. The second kappa shape index (κ2) is 5.19. The van der Waals surface area contributed by atoms with Gasteiger partial charge in [-0.25, -0.2) is 4.98 Å². The summed E-state index contributed by atoms with van der Waals surface area (Å²) < 4.78 is 7.81. The van der Waals surface area contributed by atoms with Crippen LogP contribution in [0.15, 0.2) is 4.52 Å². The number of imidazole rings is 1. The van der Waals surface area contributed by atoms with Crippen LogP contribution in [0.25, 0.3) is 0 Å². The van der Waals surface area contributed by atoms with Gasteiger partial charge < -0.3 is 9.09 Å². The van der Waals surface area contributed by atoms with Gasteiger partial charge in [0.05, 0.1) is 18.3 Å². The molecule has 0 aliphatic carbocycles. The molecule has 0 amide bonds. The van der Waals surface area contributed by atoms with Gasteiger partial charge in [0.25, 0.3) is 0 Å². The maximum atomic E-state index is 5.49. The second-order valence-electron chi connectivity index (χ2n) is 7.20. The Bertz CT molecular complexity index is 679. The van der Waals surface area contributed by atoms with E-state index in [0.717, 1.165) is 37.0 Å². The highest BCUT2D eigenvalue weighted by Gasteiger charge is 2.29. The lowest BCUT2D eigenvalue weighted by Gasteiger charge is -2.31. The summed E-state index contributed by atoms with van der Waals surface area (Å²) in [6, 6.07) is 0.106. The van der Waals surface area contributed by atoms with Crippen molar-refractivity contribution >= 4 is 0 Å². The molecule has 1 atom stereocenters. The second-order valence-corrected chi connectivity index (χ2v) is 7.20. The molecule has 2 aromatic rings. The van der Waals surface area contributed by atoms with Gasteiger partial charge in [0, 0.05) is 24.2 Å². The summed E-state index contributed by atoms with van der Waals surface area (Å²) in [5.41, 5.74) is 2.31. The van der Waals surface area contributed by atoms with Crippen molar-refractivity contribution < 1.29 is 4.52 Å². The van der Waals surface area contributed by atoms with Gasteiger partial charge in [-0.05, 0) is 20.8 Å². The third kappa shape index (κ3) is 2.56. The van der Waals surface area contributed by atoms with E-state index in [1.54, 1.807) is 0 Å². The molecule has 1 aliphatic heterocycles. The Labute approximate surface area is 131 Å². The third-order valence-corrected chi connectivity index (χ3v) is 4.51. The van der Waals surface area contributed by atoms with E-state index in [1.165, 1.54) is 5.69 Å². The molecule has 0 spiro atoms. The van der Waals surface area contributed by atoms with Gasteiger partial charge in [-0.3, -0.25) is 4.90 Å². The fourth-order valence-corrected chi connectivity index (χ4v) is 2.83. The summed E-state index contributed by atoms with van der Waals surface area (Å²) in [7, 11) is 0. The van der Waals surface area contributed by atoms with Gasteiger partial charge in [-0.1, -0.05) is 25.9 Å². The normalized spacial score (nSPS) is 17.5. The van der Waals surface area contributed by atoms with Crippen molar-refractivity contribution in [3.8, 4) is 0 Å². The highest BCUT2D eigenvalue weighted by molar-refractivity contribution is 5.16. The minimum atomic E-state index is -0.0894. The Morgan fingerprint density at radius 1 is 1.14 bits per heavy atom. The predicted octanol–water partition coefficient (Wildman–Crippen LogP) is 2.76. The predicted molar refractivity (Wildman–Crippen MR) is 83.5 cm³/mol. The van der Waals surface area contributed by atoms with Crippen LogP contribution in [0, 0.1) is 13.8 Å². The molecule has 22 heavy (non-hydrogen) atoms. The molecule has 0 N–H and O–H groups in total. The van der Waals surface area contributed by atoms with Crippen molar-refractivity contribution in [2.24, 2.45) is 0 Å². The van der Waals surface area contributed by atoms with Gasteiger partial charge in [-0.2, -0.15) is 4.98 Å². The van der Waals surface area contributed by atoms with Crippen molar-refractivity contribution in [2.45, 2.75) is 66.1 Å². The van der Waals surface area contributed by atoms with Crippen LogP contribution in [-0.2, 0) is 18.5 Å². The summed E-state index contributed by atoms with van der Waals surface area (Å²) in [4.78, 5) is 11.6. The molecular formula is C16H25N5O. The highest BCUT2D eigenvalue weighted by Crippen LogP contribution is 2.27. The van der Waals surface area contributed by atoms with Gasteiger partial charge >= 0.3 is 0 Å². The molecule has 3 rings (SSSR count). The van der Waals surface area contributed by atoms with Crippen LogP contribution in [0.2, 0.25) is 0 Å². The van der Waals surface area contributed by atoms with E-state index in [2.05, 4.69) is 66.1 Å². The fraction of sp³-hybridized carbons (Fsp3) is 0.688. The van der Waals surface area contributed by atoms with Crippen LogP contribution in [-0.4, -0.2) is 31.1 Å². The number of rotatable bonds is 2. The topological polar surface area (TPSA) is 60.0 Å². The zero-order chi connectivity index (χ0) is 16.1. The number of nitrogens with zero attached hydrogens (tertiary/aromatic N) is 5. The van der Waals surface area contributed by atoms with Gasteiger partial charge in [-0.15, -0.1) is 0 Å². The molecule has 6 nitrogen and oxygen atoms in total. The molecule has 0 radical (unpaired) electrons. The smallest absolute Gasteiger partial charge is 0.243 e. The van der Waals surface area contributed by atoms with Crippen molar-refractivity contribution in [2.75, 3.05) is 6.54 Å². The van der Waals surface area contributed by atoms with Gasteiger partial charge in [0.2, 0.25) is 5.89 Å². The lowest BCUT2D eigenvalue weighted by molar-refractivity contribution is 0.135. The standard InChI is InChI=1S/C16H25N5O/c1-10-11(2)21-8-7-20(9-13(21)17-10)12(3)14-18-15(19-22-14)16(4,5)6/h12H,7-9H2,1-6H3/t12-/m0/s1. The molecule has 0 aromatic carbocycles. The van der Waals surface area contributed by atoms with E-state index in [0.29, 0.717) is 5.89 Å². The minimum absolute atomic E-state index is 0.0894. The molecular weight excluding hydrogens is 278 g/mol. The highest BCUT2D eigenvalue weighted by atomic mass is 16.5. The van der Waals surface area contributed by atoms with Crippen molar-refractivity contribution in [3.05, 3.63) is 28.9 Å². The van der Waals surface area contributed by atoms with Crippen molar-refractivity contribution in [1.29, 1.82) is 0 Å². The number of hydrogen-bond donors (Lipinski definition) is 0. The Morgan fingerprint density at radius 2 is 1.86 bits per heavy atom. The molecule has 0 fully saturated rings. The minimum Gasteiger partial charge on any atom is -0.338 e. The molecule has 3 heterocycles. The fourth-order valence-electron chi connectivity index (χ4n) is 2.83. The number of aromatic nitrogens is 4. The third-order valence-electron chi connectivity index (χ3n) is 4.51. The first-order valence-corrected chi connectivity index (χ1v) is 7.88. The van der Waals surface area contributed by atoms with E-state index in [9.17, 15) is 0 Å². The lowest BCUT2D eigenvalue weighted by atomic mass is 9.96. The average molecular weight is 303 g/mol. The van der Waals surface area contributed by atoms with Crippen LogP contribution in [0.4, 0.5) is 0 Å². The molecule has 0 unspecified atom stereocenters. The zero-order valence-corrected chi connectivity index (χ0v) is 14.3. The lowest BCUT2D eigenvalue weighted by Crippen LogP contribution is -2.36. The Kier molecular flexibility index (Phi) is 3.59. The maximum Gasteiger partial charge on any atom is 0.243 e. The van der Waals surface area contributed by atoms with Crippen molar-refractivity contribution in [3.63, 3.8) is 0 Å². The first-order chi connectivity index (χ1) is 10.3. The van der Waals surface area contributed by atoms with Gasteiger partial charge in [0.15, 0.2) is 5.82 Å². The van der Waals surface area contributed by atoms with E-state index < -0.39 is 0 Å². The van der Waals surface area contributed by atoms with Crippen LogP contribution < -0.4 is 0 Å². The average Bonchev–Trinajstić information content (AvgIpc) is 3.04. The maximum absolute atomic E-state index is 5.49. The van der Waals surface area contributed by atoms with E-state index in [4.69, 9.17) is 4.52 Å². The van der Waals surface area contributed by atoms with Gasteiger partial charge in [0.1, 0.15) is 5.82 Å². The molecule has 0 saturated carbocycles. The molecule has 120 valence electrons. The summed E-state index contributed by atoms with van der Waals surface area (Å²) in [5, 5.41) is 4.13. The quantitative estimate of drug-likeness (QED) is 0.853. The Balaban J connectivity index is 1.79. The van der Waals surface area contributed by atoms with Crippen LogP contribution >= 0.6 is 0 Å². The van der Waals surface area contributed by atoms with Crippen LogP contribution in [0.5, 0.6) is 0 Å². The van der Waals surface area contributed by atoms with E-state index in [1.807, 2.05) is 0 Å². The SMILES string of the molecule is Cc1nc2n(c1C)CCN([C@@H](C)c1nc(C(C)(C)C)no1)C2. The monoisotopic (exact) mass is 303 g/mol. The van der Waals surface area contributed by atoms with Crippen molar-refractivity contribution in [1.82, 2.24) is 24.6 Å². The Morgan fingerprint density at radius 3 is 2.50 bits per heavy atom. The first-order valence-electron chi connectivity index (χ1n) is 7.88. The number of fused-ring (bicyclic) bond motifs is 1. The van der Waals surface area contributed by atoms with Crippen LogP contribution in [0.1, 0.15) is 62.7 Å². The molecule has 0 bridgehead atoms. The summed E-state index contributed by atoms with van der Waals surface area (Å²) in [6.07, 6.45) is 0. The summed E-state index contributed by atoms with van der Waals surface area (Å²) >= 11 is 0. The number of aryl methyl sites for hydroxylation is 1. The summed E-state index contributed by atoms with van der Waals surface area (Å²) in [6.45, 7) is 15.4.